The van der Waals surface area contributed by atoms with Crippen molar-refractivity contribution in [3.8, 4) is 0 Å². The van der Waals surface area contributed by atoms with E-state index in [0.29, 0.717) is 13.0 Å². The van der Waals surface area contributed by atoms with Gasteiger partial charge in [0.2, 0.25) is 0 Å². The van der Waals surface area contributed by atoms with E-state index in [1.807, 2.05) is 34.9 Å². The minimum atomic E-state index is -0.535. The minimum Gasteiger partial charge on any atom is -0.444 e. The zero-order valence-electron chi connectivity index (χ0n) is 12.5. The molecule has 1 amide bonds. The first-order valence-electron chi connectivity index (χ1n) is 6.59. The molecule has 0 aromatic carbocycles. The minimum absolute atomic E-state index is 0.0444. The van der Waals surface area contributed by atoms with Crippen LogP contribution in [-0.4, -0.2) is 54.0 Å². The summed E-state index contributed by atoms with van der Waals surface area (Å²) in [5, 5.41) is 0. The number of likely N-dealkylation sites (tertiary alicyclic amines) is 1. The van der Waals surface area contributed by atoms with E-state index in [-0.39, 0.29) is 11.8 Å². The third kappa shape index (κ3) is 4.93. The molecular formula is C14H24N2O3. The maximum Gasteiger partial charge on any atom is 0.410 e. The topological polar surface area (TPSA) is 49.9 Å². The van der Waals surface area contributed by atoms with Crippen LogP contribution in [-0.2, 0) is 9.53 Å². The van der Waals surface area contributed by atoms with Crippen LogP contribution in [0.1, 0.15) is 33.6 Å². The van der Waals surface area contributed by atoms with Gasteiger partial charge in [0, 0.05) is 26.8 Å². The highest BCUT2D eigenvalue weighted by Gasteiger charge is 2.35. The van der Waals surface area contributed by atoms with Gasteiger partial charge in [-0.1, -0.05) is 0 Å². The number of rotatable bonds is 3. The zero-order valence-corrected chi connectivity index (χ0v) is 12.5. The molecule has 0 spiro atoms. The van der Waals surface area contributed by atoms with Gasteiger partial charge in [-0.15, -0.1) is 0 Å². The van der Waals surface area contributed by atoms with Gasteiger partial charge in [0.05, 0.1) is 6.04 Å². The summed E-state index contributed by atoms with van der Waals surface area (Å²) < 4.78 is 5.33. The molecule has 1 aliphatic rings. The van der Waals surface area contributed by atoms with Gasteiger partial charge in [-0.25, -0.2) is 4.79 Å². The first kappa shape index (κ1) is 15.5. The lowest BCUT2D eigenvalue weighted by Crippen LogP contribution is -2.43. The fourth-order valence-corrected chi connectivity index (χ4v) is 1.94. The van der Waals surface area contributed by atoms with Gasteiger partial charge in [-0.05, 0) is 39.7 Å². The van der Waals surface area contributed by atoms with E-state index in [1.165, 1.54) is 11.0 Å². The number of carbonyl (C=O) groups is 2. The van der Waals surface area contributed by atoms with Gasteiger partial charge in [-0.3, -0.25) is 9.69 Å². The summed E-state index contributed by atoms with van der Waals surface area (Å²) in [5.41, 5.74) is -0.535. The van der Waals surface area contributed by atoms with Crippen LogP contribution < -0.4 is 0 Å². The smallest absolute Gasteiger partial charge is 0.410 e. The second-order valence-corrected chi connectivity index (χ2v) is 6.01. The quantitative estimate of drug-likeness (QED) is 0.735. The van der Waals surface area contributed by atoms with Gasteiger partial charge in [0.25, 0.3) is 0 Å². The highest BCUT2D eigenvalue weighted by molar-refractivity contribution is 5.96. The van der Waals surface area contributed by atoms with E-state index in [2.05, 4.69) is 0 Å². The number of ketones is 1. The van der Waals surface area contributed by atoms with Crippen LogP contribution >= 0.6 is 0 Å². The number of carbonyl (C=O) groups excluding carboxylic acids is 2. The fraction of sp³-hybridized carbons (Fsp3) is 0.714. The molecule has 0 unspecified atom stereocenters. The third-order valence-electron chi connectivity index (χ3n) is 2.75. The Morgan fingerprint density at radius 3 is 2.47 bits per heavy atom. The van der Waals surface area contributed by atoms with Crippen molar-refractivity contribution in [1.29, 1.82) is 0 Å². The third-order valence-corrected chi connectivity index (χ3v) is 2.75. The molecular weight excluding hydrogens is 244 g/mol. The van der Waals surface area contributed by atoms with Gasteiger partial charge < -0.3 is 9.64 Å². The van der Waals surface area contributed by atoms with Crippen LogP contribution in [0.4, 0.5) is 4.79 Å². The van der Waals surface area contributed by atoms with Crippen LogP contribution in [0.15, 0.2) is 12.3 Å². The van der Waals surface area contributed by atoms with E-state index >= 15 is 0 Å². The summed E-state index contributed by atoms with van der Waals surface area (Å²) in [7, 11) is 3.70. The van der Waals surface area contributed by atoms with Crippen LogP contribution in [0.3, 0.4) is 0 Å². The predicted octanol–water partition coefficient (Wildman–Crippen LogP) is 2.03. The van der Waals surface area contributed by atoms with E-state index in [9.17, 15) is 9.59 Å². The number of ether oxygens (including phenoxy) is 1. The Balaban J connectivity index is 2.68. The summed E-state index contributed by atoms with van der Waals surface area (Å²) in [6.45, 7) is 6.05. The lowest BCUT2D eigenvalue weighted by molar-refractivity contribution is -0.118. The Kier molecular flexibility index (Phi) is 4.97. The summed E-state index contributed by atoms with van der Waals surface area (Å²) in [4.78, 5) is 27.4. The Labute approximate surface area is 115 Å². The van der Waals surface area contributed by atoms with Gasteiger partial charge in [0.15, 0.2) is 5.78 Å². The normalized spacial score (nSPS) is 19.8. The molecule has 1 fully saturated rings. The molecule has 108 valence electrons. The summed E-state index contributed by atoms with van der Waals surface area (Å²) >= 11 is 0. The number of amides is 1. The molecule has 5 nitrogen and oxygen atoms in total. The van der Waals surface area contributed by atoms with Crippen molar-refractivity contribution < 1.29 is 14.3 Å². The molecule has 1 saturated heterocycles. The zero-order chi connectivity index (χ0) is 14.6. The molecule has 5 heteroatoms. The summed E-state index contributed by atoms with van der Waals surface area (Å²) in [6.07, 6.45) is 4.37. The monoisotopic (exact) mass is 268 g/mol. The van der Waals surface area contributed by atoms with Crippen LogP contribution in [0.5, 0.6) is 0 Å². The molecule has 19 heavy (non-hydrogen) atoms. The molecule has 0 radical (unpaired) electrons. The second kappa shape index (κ2) is 6.08. The van der Waals surface area contributed by atoms with Crippen molar-refractivity contribution in [1.82, 2.24) is 9.80 Å². The largest absolute Gasteiger partial charge is 0.444 e. The number of nitrogens with zero attached hydrogens (tertiary/aromatic N) is 2. The Morgan fingerprint density at radius 2 is 1.95 bits per heavy atom. The molecule has 1 aliphatic heterocycles. The number of hydrogen-bond donors (Lipinski definition) is 0. The summed E-state index contributed by atoms with van der Waals surface area (Å²) in [5.74, 6) is -0.0444. The SMILES string of the molecule is CN(C)/C=C\C(=O)[C@@H]1CCCN1C(=O)OC(C)(C)C. The van der Waals surface area contributed by atoms with Crippen molar-refractivity contribution in [2.75, 3.05) is 20.6 Å². The molecule has 1 atom stereocenters. The van der Waals surface area contributed by atoms with Crippen LogP contribution in [0.25, 0.3) is 0 Å². The predicted molar refractivity (Wildman–Crippen MR) is 73.8 cm³/mol. The average Bonchev–Trinajstić information content (AvgIpc) is 2.72. The van der Waals surface area contributed by atoms with E-state index in [1.54, 1.807) is 11.1 Å². The molecule has 0 aromatic heterocycles. The van der Waals surface area contributed by atoms with E-state index < -0.39 is 11.7 Å². The Hall–Kier alpha value is -1.52. The average molecular weight is 268 g/mol. The number of hydrogen-bond acceptors (Lipinski definition) is 4. The fourth-order valence-electron chi connectivity index (χ4n) is 1.94. The van der Waals surface area contributed by atoms with Crippen molar-refractivity contribution in [2.45, 2.75) is 45.3 Å². The van der Waals surface area contributed by atoms with Crippen molar-refractivity contribution in [3.05, 3.63) is 12.3 Å². The van der Waals surface area contributed by atoms with E-state index in [4.69, 9.17) is 4.74 Å². The molecule has 0 saturated carbocycles. The molecule has 0 N–H and O–H groups in total. The highest BCUT2D eigenvalue weighted by Crippen LogP contribution is 2.21. The van der Waals surface area contributed by atoms with Crippen LogP contribution in [0, 0.1) is 0 Å². The maximum atomic E-state index is 12.1. The Bertz CT molecular complexity index is 369. The lowest BCUT2D eigenvalue weighted by Gasteiger charge is -2.27. The molecule has 1 heterocycles. The van der Waals surface area contributed by atoms with Gasteiger partial charge in [0.1, 0.15) is 5.60 Å². The van der Waals surface area contributed by atoms with Gasteiger partial charge in [-0.2, -0.15) is 0 Å². The second-order valence-electron chi connectivity index (χ2n) is 6.01. The van der Waals surface area contributed by atoms with Crippen molar-refractivity contribution in [3.63, 3.8) is 0 Å². The highest BCUT2D eigenvalue weighted by atomic mass is 16.6. The van der Waals surface area contributed by atoms with Crippen molar-refractivity contribution >= 4 is 11.9 Å². The Morgan fingerprint density at radius 1 is 1.32 bits per heavy atom. The summed E-state index contributed by atoms with van der Waals surface area (Å²) in [6, 6.07) is -0.383. The first-order valence-corrected chi connectivity index (χ1v) is 6.59. The lowest BCUT2D eigenvalue weighted by atomic mass is 10.1. The molecule has 0 aliphatic carbocycles. The van der Waals surface area contributed by atoms with E-state index in [0.717, 1.165) is 6.42 Å². The molecule has 1 rings (SSSR count). The van der Waals surface area contributed by atoms with Gasteiger partial charge >= 0.3 is 6.09 Å². The van der Waals surface area contributed by atoms with Crippen LogP contribution in [0.2, 0.25) is 0 Å². The standard InChI is InChI=1S/C14H24N2O3/c1-14(2,3)19-13(18)16-9-6-7-11(16)12(17)8-10-15(4)5/h8,10-11H,6-7,9H2,1-5H3/b10-8-/t11-/m0/s1. The molecule has 0 bridgehead atoms. The van der Waals surface area contributed by atoms with Crippen molar-refractivity contribution in [2.24, 2.45) is 0 Å². The maximum absolute atomic E-state index is 12.1. The molecule has 0 aromatic rings. The first-order chi connectivity index (χ1) is 8.70.